The average molecular weight is 278 g/mol. The van der Waals surface area contributed by atoms with Crippen LogP contribution >= 0.6 is 27.5 Å². The number of Topliss-reactive ketones (excluding diaryl/α,β-unsaturated/α-hetero) is 1. The maximum atomic E-state index is 11.4. The van der Waals surface area contributed by atoms with Gasteiger partial charge in [0.2, 0.25) is 0 Å². The predicted octanol–water partition coefficient (Wildman–Crippen LogP) is 2.46. The van der Waals surface area contributed by atoms with Gasteiger partial charge in [-0.3, -0.25) is 4.79 Å². The van der Waals surface area contributed by atoms with E-state index in [-0.39, 0.29) is 10.6 Å². The highest BCUT2D eigenvalue weighted by atomic mass is 79.9. The van der Waals surface area contributed by atoms with Crippen LogP contribution in [0.15, 0.2) is 22.7 Å². The zero-order valence-corrected chi connectivity index (χ0v) is 9.55. The highest BCUT2D eigenvalue weighted by Crippen LogP contribution is 2.26. The molecule has 1 aromatic rings. The molecule has 0 aliphatic carbocycles. The molecule has 5 heteroatoms. The molecule has 0 fully saturated rings. The van der Waals surface area contributed by atoms with Crippen molar-refractivity contribution in [1.82, 2.24) is 0 Å². The van der Waals surface area contributed by atoms with E-state index in [9.17, 15) is 9.59 Å². The molecule has 0 N–H and O–H groups in total. The number of halogens is 2. The molecule has 0 spiro atoms. The SMILES string of the molecule is COC(=O)C(=O)c1cccc(Br)c1Cl. The third-order valence-corrected chi connectivity index (χ3v) is 2.86. The van der Waals surface area contributed by atoms with Crippen molar-refractivity contribution in [1.29, 1.82) is 0 Å². The molecule has 0 amide bonds. The first-order valence-corrected chi connectivity index (χ1v) is 4.81. The Morgan fingerprint density at radius 3 is 2.64 bits per heavy atom. The zero-order chi connectivity index (χ0) is 10.7. The van der Waals surface area contributed by atoms with Crippen molar-refractivity contribution in [3.05, 3.63) is 33.3 Å². The van der Waals surface area contributed by atoms with Gasteiger partial charge in [0.1, 0.15) is 0 Å². The van der Waals surface area contributed by atoms with Crippen LogP contribution in [-0.2, 0) is 9.53 Å². The number of carbonyl (C=O) groups is 2. The topological polar surface area (TPSA) is 43.4 Å². The molecule has 0 atom stereocenters. The number of ketones is 1. The van der Waals surface area contributed by atoms with Gasteiger partial charge in [0, 0.05) is 10.0 Å². The Morgan fingerprint density at radius 1 is 1.43 bits per heavy atom. The summed E-state index contributed by atoms with van der Waals surface area (Å²) in [6, 6.07) is 4.76. The van der Waals surface area contributed by atoms with Crippen LogP contribution in [0.4, 0.5) is 0 Å². The molecular weight excluding hydrogens is 271 g/mol. The standard InChI is InChI=1S/C9H6BrClO3/c1-14-9(13)8(12)5-3-2-4-6(10)7(5)11/h2-4H,1H3. The lowest BCUT2D eigenvalue weighted by Gasteiger charge is -2.02. The molecule has 0 aliphatic rings. The van der Waals surface area contributed by atoms with Gasteiger partial charge in [-0.1, -0.05) is 17.7 Å². The second kappa shape index (κ2) is 4.57. The molecular formula is C9H6BrClO3. The van der Waals surface area contributed by atoms with Crippen molar-refractivity contribution < 1.29 is 14.3 Å². The normalized spacial score (nSPS) is 9.64. The number of ether oxygens (including phenoxy) is 1. The lowest BCUT2D eigenvalue weighted by molar-refractivity contribution is -0.135. The Morgan fingerprint density at radius 2 is 2.07 bits per heavy atom. The maximum Gasteiger partial charge on any atom is 0.379 e. The quantitative estimate of drug-likeness (QED) is 0.474. The Hall–Kier alpha value is -0.870. The van der Waals surface area contributed by atoms with E-state index in [1.54, 1.807) is 12.1 Å². The van der Waals surface area contributed by atoms with Crippen molar-refractivity contribution in [3.63, 3.8) is 0 Å². The van der Waals surface area contributed by atoms with Crippen LogP contribution in [-0.4, -0.2) is 18.9 Å². The van der Waals surface area contributed by atoms with E-state index in [0.717, 1.165) is 7.11 Å². The number of rotatable bonds is 2. The number of hydrogen-bond donors (Lipinski definition) is 0. The summed E-state index contributed by atoms with van der Waals surface area (Å²) < 4.78 is 4.86. The van der Waals surface area contributed by atoms with Gasteiger partial charge in [-0.05, 0) is 28.1 Å². The number of hydrogen-bond acceptors (Lipinski definition) is 3. The van der Waals surface area contributed by atoms with Crippen molar-refractivity contribution in [2.24, 2.45) is 0 Å². The van der Waals surface area contributed by atoms with Crippen LogP contribution in [0.1, 0.15) is 10.4 Å². The van der Waals surface area contributed by atoms with Crippen LogP contribution in [0.3, 0.4) is 0 Å². The largest absolute Gasteiger partial charge is 0.463 e. The smallest absolute Gasteiger partial charge is 0.379 e. The second-order valence-electron chi connectivity index (χ2n) is 2.42. The molecule has 1 aromatic carbocycles. The van der Waals surface area contributed by atoms with E-state index < -0.39 is 11.8 Å². The Labute approximate surface area is 94.1 Å². The van der Waals surface area contributed by atoms with Crippen LogP contribution in [0.2, 0.25) is 5.02 Å². The number of esters is 1. The van der Waals surface area contributed by atoms with Gasteiger partial charge < -0.3 is 4.74 Å². The monoisotopic (exact) mass is 276 g/mol. The molecule has 0 aromatic heterocycles. The first-order valence-electron chi connectivity index (χ1n) is 3.64. The fourth-order valence-corrected chi connectivity index (χ4v) is 1.46. The van der Waals surface area contributed by atoms with Crippen molar-refractivity contribution in [2.75, 3.05) is 7.11 Å². The summed E-state index contributed by atoms with van der Waals surface area (Å²) >= 11 is 8.96. The fourth-order valence-electron chi connectivity index (χ4n) is 0.882. The predicted molar refractivity (Wildman–Crippen MR) is 55.5 cm³/mol. The molecule has 0 bridgehead atoms. The van der Waals surface area contributed by atoms with Gasteiger partial charge >= 0.3 is 5.97 Å². The van der Waals surface area contributed by atoms with E-state index in [2.05, 4.69) is 20.7 Å². The zero-order valence-electron chi connectivity index (χ0n) is 7.21. The van der Waals surface area contributed by atoms with Crippen molar-refractivity contribution in [2.45, 2.75) is 0 Å². The summed E-state index contributed by atoms with van der Waals surface area (Å²) in [5, 5.41) is 0.211. The van der Waals surface area contributed by atoms with Crippen LogP contribution in [0, 0.1) is 0 Å². The lowest BCUT2D eigenvalue weighted by Crippen LogP contribution is -2.16. The summed E-state index contributed by atoms with van der Waals surface area (Å²) in [6.45, 7) is 0. The Kier molecular flexibility index (Phi) is 3.66. The second-order valence-corrected chi connectivity index (χ2v) is 3.65. The van der Waals surface area contributed by atoms with E-state index in [1.165, 1.54) is 6.07 Å². The van der Waals surface area contributed by atoms with Crippen molar-refractivity contribution >= 4 is 39.3 Å². The number of benzene rings is 1. The summed E-state index contributed by atoms with van der Waals surface area (Å²) in [4.78, 5) is 22.3. The third-order valence-electron chi connectivity index (χ3n) is 1.57. The third kappa shape index (κ3) is 2.13. The lowest BCUT2D eigenvalue weighted by atomic mass is 10.1. The fraction of sp³-hybridized carbons (Fsp3) is 0.111. The minimum absolute atomic E-state index is 0.132. The average Bonchev–Trinajstić information content (AvgIpc) is 2.20. The minimum atomic E-state index is -0.926. The number of carbonyl (C=O) groups excluding carboxylic acids is 2. The van der Waals surface area contributed by atoms with Crippen LogP contribution in [0.5, 0.6) is 0 Å². The van der Waals surface area contributed by atoms with Crippen LogP contribution < -0.4 is 0 Å². The van der Waals surface area contributed by atoms with Crippen LogP contribution in [0.25, 0.3) is 0 Å². The van der Waals surface area contributed by atoms with Gasteiger partial charge in [0.15, 0.2) is 0 Å². The number of methoxy groups -OCH3 is 1. The van der Waals surface area contributed by atoms with E-state index in [0.29, 0.717) is 4.47 Å². The summed E-state index contributed by atoms with van der Waals surface area (Å²) in [5.41, 5.74) is 0.132. The molecule has 14 heavy (non-hydrogen) atoms. The van der Waals surface area contributed by atoms with Gasteiger partial charge in [0.05, 0.1) is 12.1 Å². The molecule has 0 unspecified atom stereocenters. The van der Waals surface area contributed by atoms with E-state index in [1.807, 2.05) is 0 Å². The maximum absolute atomic E-state index is 11.4. The Bertz CT molecular complexity index is 390. The van der Waals surface area contributed by atoms with E-state index >= 15 is 0 Å². The van der Waals surface area contributed by atoms with Gasteiger partial charge in [-0.15, -0.1) is 0 Å². The van der Waals surface area contributed by atoms with Crippen molar-refractivity contribution in [3.8, 4) is 0 Å². The molecule has 74 valence electrons. The molecule has 1 rings (SSSR count). The molecule has 0 saturated heterocycles. The highest BCUT2D eigenvalue weighted by Gasteiger charge is 2.20. The Balaban J connectivity index is 3.14. The van der Waals surface area contributed by atoms with Gasteiger partial charge in [-0.2, -0.15) is 0 Å². The van der Waals surface area contributed by atoms with Gasteiger partial charge in [0.25, 0.3) is 5.78 Å². The highest BCUT2D eigenvalue weighted by molar-refractivity contribution is 9.10. The molecule has 0 radical (unpaired) electrons. The molecule has 0 heterocycles. The van der Waals surface area contributed by atoms with E-state index in [4.69, 9.17) is 11.6 Å². The first-order chi connectivity index (χ1) is 6.57. The molecule has 3 nitrogen and oxygen atoms in total. The van der Waals surface area contributed by atoms with Gasteiger partial charge in [-0.25, -0.2) is 4.79 Å². The summed E-state index contributed by atoms with van der Waals surface area (Å²) in [6.07, 6.45) is 0. The summed E-state index contributed by atoms with van der Waals surface area (Å²) in [5.74, 6) is -1.68. The minimum Gasteiger partial charge on any atom is -0.463 e. The summed E-state index contributed by atoms with van der Waals surface area (Å²) in [7, 11) is 1.14. The molecule has 0 saturated carbocycles. The molecule has 0 aliphatic heterocycles. The first kappa shape index (κ1) is 11.2.